The number of aromatic nitrogens is 1. The highest BCUT2D eigenvalue weighted by molar-refractivity contribution is 7.22. The minimum atomic E-state index is -0.360. The van der Waals surface area contributed by atoms with E-state index in [-0.39, 0.29) is 10.9 Å². The molecule has 8 heteroatoms. The van der Waals surface area contributed by atoms with E-state index in [1.54, 1.807) is 32.4 Å². The lowest BCUT2D eigenvalue weighted by molar-refractivity contribution is 0.102. The zero-order chi connectivity index (χ0) is 17.3. The number of carbonyl (C=O) groups excluding carboxylic acids is 1. The van der Waals surface area contributed by atoms with Crippen molar-refractivity contribution in [2.75, 3.05) is 19.5 Å². The van der Waals surface area contributed by atoms with E-state index in [2.05, 4.69) is 10.3 Å². The summed E-state index contributed by atoms with van der Waals surface area (Å²) in [5, 5.41) is 3.92. The first kappa shape index (κ1) is 16.8. The Morgan fingerprint density at radius 1 is 1.17 bits per heavy atom. The molecule has 24 heavy (non-hydrogen) atoms. The molecule has 2 aromatic carbocycles. The number of nitrogens with zero attached hydrogens (tertiary/aromatic N) is 1. The van der Waals surface area contributed by atoms with Crippen molar-refractivity contribution >= 4 is 55.8 Å². The van der Waals surface area contributed by atoms with Gasteiger partial charge in [-0.1, -0.05) is 34.5 Å². The van der Waals surface area contributed by atoms with Crippen LogP contribution in [0.25, 0.3) is 10.2 Å². The zero-order valence-corrected chi connectivity index (χ0v) is 15.1. The Bertz CT molecular complexity index is 927. The fraction of sp³-hybridized carbons (Fsp3) is 0.125. The van der Waals surface area contributed by atoms with E-state index in [1.165, 1.54) is 17.4 Å². The average molecular weight is 383 g/mol. The number of fused-ring (bicyclic) bond motifs is 1. The topological polar surface area (TPSA) is 60.5 Å². The highest BCUT2D eigenvalue weighted by Gasteiger charge is 2.16. The molecule has 0 aliphatic carbocycles. The van der Waals surface area contributed by atoms with Gasteiger partial charge in [0, 0.05) is 11.1 Å². The van der Waals surface area contributed by atoms with Gasteiger partial charge in [0.15, 0.2) is 5.13 Å². The van der Waals surface area contributed by atoms with Gasteiger partial charge in [-0.25, -0.2) is 4.98 Å². The summed E-state index contributed by atoms with van der Waals surface area (Å²) in [5.41, 5.74) is 0.977. The second-order valence-corrected chi connectivity index (χ2v) is 6.65. The number of hydrogen-bond acceptors (Lipinski definition) is 5. The minimum Gasteiger partial charge on any atom is -0.497 e. The number of halogens is 2. The molecule has 3 aromatic rings. The zero-order valence-electron chi connectivity index (χ0n) is 12.7. The third kappa shape index (κ3) is 3.26. The van der Waals surface area contributed by atoms with Crippen molar-refractivity contribution in [1.82, 2.24) is 4.98 Å². The van der Waals surface area contributed by atoms with Gasteiger partial charge in [0.25, 0.3) is 5.91 Å². The van der Waals surface area contributed by atoms with Gasteiger partial charge >= 0.3 is 0 Å². The number of methoxy groups -OCH3 is 2. The van der Waals surface area contributed by atoms with Crippen molar-refractivity contribution in [3.05, 3.63) is 45.9 Å². The lowest BCUT2D eigenvalue weighted by Gasteiger charge is -2.04. The van der Waals surface area contributed by atoms with Crippen LogP contribution in [0.4, 0.5) is 5.13 Å². The van der Waals surface area contributed by atoms with Crippen molar-refractivity contribution in [2.45, 2.75) is 0 Å². The summed E-state index contributed by atoms with van der Waals surface area (Å²) in [6.45, 7) is 0. The third-order valence-corrected chi connectivity index (χ3v) is 4.75. The number of nitrogens with one attached hydrogen (secondary N) is 1. The molecule has 0 fully saturated rings. The number of anilines is 1. The van der Waals surface area contributed by atoms with E-state index in [0.717, 1.165) is 4.70 Å². The molecule has 0 spiro atoms. The van der Waals surface area contributed by atoms with Crippen molar-refractivity contribution < 1.29 is 14.3 Å². The molecular weight excluding hydrogens is 371 g/mol. The number of rotatable bonds is 4. The highest BCUT2D eigenvalue weighted by Crippen LogP contribution is 2.36. The fourth-order valence-corrected chi connectivity index (χ4v) is 3.54. The number of thiazole rings is 1. The molecule has 3 rings (SSSR count). The van der Waals surface area contributed by atoms with Crippen LogP contribution in [0.3, 0.4) is 0 Å². The number of amides is 1. The number of ether oxygens (including phenoxy) is 2. The van der Waals surface area contributed by atoms with Gasteiger partial charge in [0.05, 0.1) is 29.5 Å². The Morgan fingerprint density at radius 2 is 1.96 bits per heavy atom. The van der Waals surface area contributed by atoms with Gasteiger partial charge in [0.1, 0.15) is 17.0 Å². The van der Waals surface area contributed by atoms with Gasteiger partial charge in [0.2, 0.25) is 0 Å². The lowest BCUT2D eigenvalue weighted by atomic mass is 10.2. The van der Waals surface area contributed by atoms with Crippen molar-refractivity contribution in [1.29, 1.82) is 0 Å². The quantitative estimate of drug-likeness (QED) is 0.698. The smallest absolute Gasteiger partial charge is 0.258 e. The molecule has 0 bridgehead atoms. The first-order chi connectivity index (χ1) is 11.5. The van der Waals surface area contributed by atoms with E-state index >= 15 is 0 Å². The van der Waals surface area contributed by atoms with Crippen molar-refractivity contribution in [2.24, 2.45) is 0 Å². The number of benzene rings is 2. The first-order valence-corrected chi connectivity index (χ1v) is 8.38. The Kier molecular flexibility index (Phi) is 4.80. The second kappa shape index (κ2) is 6.84. The Balaban J connectivity index is 1.94. The molecule has 1 amide bonds. The lowest BCUT2D eigenvalue weighted by Crippen LogP contribution is -2.12. The van der Waals surface area contributed by atoms with Crippen LogP contribution in [-0.2, 0) is 0 Å². The maximum Gasteiger partial charge on any atom is 0.258 e. The molecule has 1 heterocycles. The van der Waals surface area contributed by atoms with Crippen LogP contribution in [0.1, 0.15) is 10.4 Å². The molecule has 0 unspecified atom stereocenters. The summed E-state index contributed by atoms with van der Waals surface area (Å²) in [5.74, 6) is 0.869. The molecule has 0 aliphatic rings. The Hall–Kier alpha value is -2.02. The SMILES string of the molecule is COc1cc(OC)c2nc(NC(=O)c3ccc(Cl)cc3Cl)sc2c1. The molecular formula is C16H12Cl2N2O3S. The summed E-state index contributed by atoms with van der Waals surface area (Å²) in [6.07, 6.45) is 0. The first-order valence-electron chi connectivity index (χ1n) is 6.81. The molecule has 0 atom stereocenters. The summed E-state index contributed by atoms with van der Waals surface area (Å²) >= 11 is 13.2. The van der Waals surface area contributed by atoms with E-state index in [0.29, 0.717) is 32.7 Å². The molecule has 0 aliphatic heterocycles. The largest absolute Gasteiger partial charge is 0.497 e. The number of carbonyl (C=O) groups is 1. The summed E-state index contributed by atoms with van der Waals surface area (Å²) in [4.78, 5) is 16.8. The van der Waals surface area contributed by atoms with Gasteiger partial charge in [-0.2, -0.15) is 0 Å². The monoisotopic (exact) mass is 382 g/mol. The van der Waals surface area contributed by atoms with Crippen molar-refractivity contribution in [3.63, 3.8) is 0 Å². The molecule has 0 saturated heterocycles. The second-order valence-electron chi connectivity index (χ2n) is 4.77. The Morgan fingerprint density at radius 3 is 2.62 bits per heavy atom. The highest BCUT2D eigenvalue weighted by atomic mass is 35.5. The molecule has 0 radical (unpaired) electrons. The van der Waals surface area contributed by atoms with Crippen LogP contribution < -0.4 is 14.8 Å². The van der Waals surface area contributed by atoms with E-state index in [9.17, 15) is 4.79 Å². The number of hydrogen-bond donors (Lipinski definition) is 1. The van der Waals surface area contributed by atoms with Crippen LogP contribution >= 0.6 is 34.5 Å². The van der Waals surface area contributed by atoms with Gasteiger partial charge in [-0.15, -0.1) is 0 Å². The van der Waals surface area contributed by atoms with E-state index < -0.39 is 0 Å². The van der Waals surface area contributed by atoms with Crippen LogP contribution in [0.15, 0.2) is 30.3 Å². The molecule has 124 valence electrons. The molecule has 0 saturated carbocycles. The maximum atomic E-state index is 12.4. The normalized spacial score (nSPS) is 10.7. The molecule has 1 aromatic heterocycles. The van der Waals surface area contributed by atoms with Crippen LogP contribution in [0.2, 0.25) is 10.0 Å². The predicted octanol–water partition coefficient (Wildman–Crippen LogP) is 4.87. The van der Waals surface area contributed by atoms with Crippen molar-refractivity contribution in [3.8, 4) is 11.5 Å². The third-order valence-electron chi connectivity index (χ3n) is 3.29. The molecule has 1 N–H and O–H groups in total. The summed E-state index contributed by atoms with van der Waals surface area (Å²) < 4.78 is 11.4. The minimum absolute atomic E-state index is 0.278. The van der Waals surface area contributed by atoms with Gasteiger partial charge < -0.3 is 9.47 Å². The van der Waals surface area contributed by atoms with Crippen LogP contribution in [0, 0.1) is 0 Å². The fourth-order valence-electron chi connectivity index (χ4n) is 2.14. The standard InChI is InChI=1S/C16H12Cl2N2O3S/c1-22-9-6-12(23-2)14-13(7-9)24-16(19-14)20-15(21)10-4-3-8(17)5-11(10)18/h3-7H,1-2H3,(H,19,20,21). The van der Waals surface area contributed by atoms with Crippen LogP contribution in [-0.4, -0.2) is 25.1 Å². The molecule has 5 nitrogen and oxygen atoms in total. The van der Waals surface area contributed by atoms with E-state index in [4.69, 9.17) is 32.7 Å². The van der Waals surface area contributed by atoms with Gasteiger partial charge in [-0.3, -0.25) is 10.1 Å². The summed E-state index contributed by atoms with van der Waals surface area (Å²) in [6, 6.07) is 8.26. The predicted molar refractivity (Wildman–Crippen MR) is 97.1 cm³/mol. The average Bonchev–Trinajstić information content (AvgIpc) is 2.95. The Labute approximate surface area is 152 Å². The maximum absolute atomic E-state index is 12.4. The van der Waals surface area contributed by atoms with Crippen LogP contribution in [0.5, 0.6) is 11.5 Å². The van der Waals surface area contributed by atoms with Gasteiger partial charge in [-0.05, 0) is 24.3 Å². The van der Waals surface area contributed by atoms with E-state index in [1.807, 2.05) is 6.07 Å². The summed E-state index contributed by atoms with van der Waals surface area (Å²) in [7, 11) is 3.13.